The molecule has 132 valence electrons. The second-order valence-electron chi connectivity index (χ2n) is 5.45. The molecular formula is C18H12Cl2FN3O2. The van der Waals surface area contributed by atoms with E-state index in [0.29, 0.717) is 27.0 Å². The highest BCUT2D eigenvalue weighted by atomic mass is 35.5. The minimum absolute atomic E-state index is 0.223. The van der Waals surface area contributed by atoms with E-state index in [9.17, 15) is 14.0 Å². The number of carbonyl (C=O) groups is 1. The van der Waals surface area contributed by atoms with Crippen molar-refractivity contribution in [3.63, 3.8) is 0 Å². The van der Waals surface area contributed by atoms with Gasteiger partial charge in [-0.2, -0.15) is 0 Å². The highest BCUT2D eigenvalue weighted by Crippen LogP contribution is 2.22. The third-order valence-electron chi connectivity index (χ3n) is 3.48. The maximum atomic E-state index is 13.0. The fourth-order valence-corrected chi connectivity index (χ4v) is 2.83. The summed E-state index contributed by atoms with van der Waals surface area (Å²) >= 11 is 11.8. The number of halogens is 3. The Bertz CT molecular complexity index is 999. The Labute approximate surface area is 158 Å². The Morgan fingerprint density at radius 1 is 1.08 bits per heavy atom. The monoisotopic (exact) mass is 391 g/mol. The number of benzene rings is 2. The summed E-state index contributed by atoms with van der Waals surface area (Å²) in [6, 6.07) is 11.5. The van der Waals surface area contributed by atoms with Crippen LogP contribution in [0, 0.1) is 5.82 Å². The molecule has 3 aromatic rings. The molecule has 2 aromatic carbocycles. The highest BCUT2D eigenvalue weighted by Gasteiger charge is 2.09. The zero-order valence-corrected chi connectivity index (χ0v) is 14.8. The summed E-state index contributed by atoms with van der Waals surface area (Å²) in [5.74, 6) is -0.804. The van der Waals surface area contributed by atoms with Crippen molar-refractivity contribution in [3.05, 3.63) is 81.1 Å². The van der Waals surface area contributed by atoms with Crippen molar-refractivity contribution >= 4 is 34.8 Å². The molecule has 1 aromatic heterocycles. The second-order valence-corrected chi connectivity index (χ2v) is 6.33. The third kappa shape index (κ3) is 4.47. The number of nitrogens with zero attached hydrogens (tertiary/aromatic N) is 2. The molecule has 0 unspecified atom stereocenters. The average molecular weight is 392 g/mol. The molecule has 0 aliphatic rings. The summed E-state index contributed by atoms with van der Waals surface area (Å²) in [5.41, 5.74) is 1.02. The molecule has 26 heavy (non-hydrogen) atoms. The summed E-state index contributed by atoms with van der Waals surface area (Å²) in [6.07, 6.45) is 1.27. The van der Waals surface area contributed by atoms with Gasteiger partial charge in [0.1, 0.15) is 12.4 Å². The first-order valence-electron chi connectivity index (χ1n) is 7.49. The van der Waals surface area contributed by atoms with Gasteiger partial charge in [-0.15, -0.1) is 0 Å². The van der Waals surface area contributed by atoms with E-state index in [1.807, 2.05) is 0 Å². The molecule has 1 N–H and O–H groups in total. The summed E-state index contributed by atoms with van der Waals surface area (Å²) in [4.78, 5) is 28.5. The van der Waals surface area contributed by atoms with Crippen LogP contribution in [0.2, 0.25) is 10.0 Å². The number of hydrogen-bond acceptors (Lipinski definition) is 3. The standard InChI is InChI=1S/C18H12Cl2FN3O2/c19-12-5-13(20)7-15(6-12)23-17(25)9-24-10-22-16(8-18(24)26)11-1-3-14(21)4-2-11/h1-8,10H,9H2,(H,23,25). The lowest BCUT2D eigenvalue weighted by Gasteiger charge is -2.09. The molecule has 5 nitrogen and oxygen atoms in total. The second kappa shape index (κ2) is 7.68. The maximum Gasteiger partial charge on any atom is 0.254 e. The van der Waals surface area contributed by atoms with Crippen molar-refractivity contribution in [2.75, 3.05) is 5.32 Å². The first-order chi connectivity index (χ1) is 12.4. The number of rotatable bonds is 4. The highest BCUT2D eigenvalue weighted by molar-refractivity contribution is 6.35. The van der Waals surface area contributed by atoms with Crippen LogP contribution >= 0.6 is 23.2 Å². The van der Waals surface area contributed by atoms with E-state index < -0.39 is 11.5 Å². The van der Waals surface area contributed by atoms with Crippen LogP contribution in [0.4, 0.5) is 10.1 Å². The molecular weight excluding hydrogens is 380 g/mol. The predicted octanol–water partition coefficient (Wildman–Crippen LogP) is 3.99. The molecule has 0 atom stereocenters. The molecule has 0 saturated carbocycles. The number of amides is 1. The lowest BCUT2D eigenvalue weighted by molar-refractivity contribution is -0.116. The van der Waals surface area contributed by atoms with Gasteiger partial charge in [0, 0.05) is 27.4 Å². The Morgan fingerprint density at radius 2 is 1.73 bits per heavy atom. The van der Waals surface area contributed by atoms with Gasteiger partial charge in [-0.25, -0.2) is 9.37 Å². The van der Waals surface area contributed by atoms with Crippen LogP contribution < -0.4 is 10.9 Å². The Kier molecular flexibility index (Phi) is 5.35. The van der Waals surface area contributed by atoms with Crippen molar-refractivity contribution in [3.8, 4) is 11.3 Å². The first-order valence-corrected chi connectivity index (χ1v) is 8.25. The lowest BCUT2D eigenvalue weighted by atomic mass is 10.1. The maximum absolute atomic E-state index is 13.0. The summed E-state index contributed by atoms with van der Waals surface area (Å²) in [5, 5.41) is 3.38. The van der Waals surface area contributed by atoms with E-state index in [1.54, 1.807) is 18.2 Å². The fourth-order valence-electron chi connectivity index (χ4n) is 2.30. The van der Waals surface area contributed by atoms with Crippen LogP contribution in [0.1, 0.15) is 0 Å². The molecule has 8 heteroatoms. The first kappa shape index (κ1) is 18.1. The molecule has 0 aliphatic heterocycles. The van der Waals surface area contributed by atoms with Crippen LogP contribution in [0.5, 0.6) is 0 Å². The van der Waals surface area contributed by atoms with Gasteiger partial charge in [-0.3, -0.25) is 14.2 Å². The zero-order valence-electron chi connectivity index (χ0n) is 13.2. The van der Waals surface area contributed by atoms with Crippen LogP contribution in [0.25, 0.3) is 11.3 Å². The normalized spacial score (nSPS) is 10.6. The quantitative estimate of drug-likeness (QED) is 0.730. The number of nitrogens with one attached hydrogen (secondary N) is 1. The molecule has 0 bridgehead atoms. The Hall–Kier alpha value is -2.70. The minimum atomic E-state index is -0.429. The van der Waals surface area contributed by atoms with Crippen molar-refractivity contribution in [2.45, 2.75) is 6.54 Å². The summed E-state index contributed by atoms with van der Waals surface area (Å²) < 4.78 is 14.1. The van der Waals surface area contributed by atoms with Crippen molar-refractivity contribution in [1.82, 2.24) is 9.55 Å². The van der Waals surface area contributed by atoms with E-state index in [0.717, 1.165) is 4.57 Å². The Balaban J connectivity index is 1.74. The van der Waals surface area contributed by atoms with Gasteiger partial charge in [-0.1, -0.05) is 23.2 Å². The van der Waals surface area contributed by atoms with Gasteiger partial charge in [0.05, 0.1) is 12.0 Å². The van der Waals surface area contributed by atoms with Gasteiger partial charge in [0.25, 0.3) is 5.56 Å². The van der Waals surface area contributed by atoms with E-state index in [4.69, 9.17) is 23.2 Å². The summed E-state index contributed by atoms with van der Waals surface area (Å²) in [6.45, 7) is -0.223. The predicted molar refractivity (Wildman–Crippen MR) is 99.0 cm³/mol. The van der Waals surface area contributed by atoms with Gasteiger partial charge >= 0.3 is 0 Å². The van der Waals surface area contributed by atoms with Gasteiger partial charge in [-0.05, 0) is 42.5 Å². The van der Waals surface area contributed by atoms with Crippen molar-refractivity contribution < 1.29 is 9.18 Å². The minimum Gasteiger partial charge on any atom is -0.324 e. The SMILES string of the molecule is O=C(Cn1cnc(-c2ccc(F)cc2)cc1=O)Nc1cc(Cl)cc(Cl)c1. The molecule has 0 fully saturated rings. The largest absolute Gasteiger partial charge is 0.324 e. The van der Waals surface area contributed by atoms with Crippen LogP contribution in [-0.4, -0.2) is 15.5 Å². The molecule has 0 saturated heterocycles. The third-order valence-corrected chi connectivity index (χ3v) is 3.92. The molecule has 0 radical (unpaired) electrons. The molecule has 0 spiro atoms. The number of anilines is 1. The van der Waals surface area contributed by atoms with Gasteiger partial charge in [0.2, 0.25) is 5.91 Å². The number of hydrogen-bond donors (Lipinski definition) is 1. The summed E-state index contributed by atoms with van der Waals surface area (Å²) in [7, 11) is 0. The van der Waals surface area contributed by atoms with Gasteiger partial charge in [0.15, 0.2) is 0 Å². The molecule has 1 heterocycles. The van der Waals surface area contributed by atoms with E-state index >= 15 is 0 Å². The number of aromatic nitrogens is 2. The van der Waals surface area contributed by atoms with Crippen LogP contribution in [-0.2, 0) is 11.3 Å². The topological polar surface area (TPSA) is 64.0 Å². The lowest BCUT2D eigenvalue weighted by Crippen LogP contribution is -2.27. The molecule has 1 amide bonds. The van der Waals surface area contributed by atoms with E-state index in [2.05, 4.69) is 10.3 Å². The molecule has 0 aliphatic carbocycles. The Morgan fingerprint density at radius 3 is 2.35 bits per heavy atom. The number of carbonyl (C=O) groups excluding carboxylic acids is 1. The molecule has 3 rings (SSSR count). The zero-order chi connectivity index (χ0) is 18.7. The van der Waals surface area contributed by atoms with Crippen LogP contribution in [0.3, 0.4) is 0 Å². The van der Waals surface area contributed by atoms with Gasteiger partial charge < -0.3 is 5.32 Å². The average Bonchev–Trinajstić information content (AvgIpc) is 2.56. The van der Waals surface area contributed by atoms with E-state index in [-0.39, 0.29) is 12.4 Å². The van der Waals surface area contributed by atoms with E-state index in [1.165, 1.54) is 36.7 Å². The van der Waals surface area contributed by atoms with Crippen LogP contribution in [0.15, 0.2) is 59.7 Å². The fraction of sp³-hybridized carbons (Fsp3) is 0.0556. The van der Waals surface area contributed by atoms with Crippen molar-refractivity contribution in [1.29, 1.82) is 0 Å². The van der Waals surface area contributed by atoms with Crippen molar-refractivity contribution in [2.24, 2.45) is 0 Å². The smallest absolute Gasteiger partial charge is 0.254 e.